The first-order valence-electron chi connectivity index (χ1n) is 13.4. The Morgan fingerprint density at radius 3 is 2.26 bits per heavy atom. The van der Waals surface area contributed by atoms with Gasteiger partial charge in [-0.15, -0.1) is 0 Å². The average molecular weight is 538 g/mol. The van der Waals surface area contributed by atoms with Crippen molar-refractivity contribution >= 4 is 23.7 Å². The van der Waals surface area contributed by atoms with Crippen molar-refractivity contribution < 1.29 is 28.7 Å². The molecule has 0 radical (unpaired) electrons. The smallest absolute Gasteiger partial charge is 0.328 e. The summed E-state index contributed by atoms with van der Waals surface area (Å²) in [6, 6.07) is 14.8. The zero-order valence-corrected chi connectivity index (χ0v) is 23.1. The molecule has 0 unspecified atom stereocenters. The first-order chi connectivity index (χ1) is 18.7. The molecular weight excluding hydrogens is 498 g/mol. The molecule has 1 fully saturated rings. The molecular formula is C30H39N3O6. The van der Waals surface area contributed by atoms with Crippen LogP contribution in [0.15, 0.2) is 54.6 Å². The van der Waals surface area contributed by atoms with Crippen LogP contribution in [0.5, 0.6) is 5.75 Å². The van der Waals surface area contributed by atoms with Crippen molar-refractivity contribution in [2.24, 2.45) is 5.92 Å². The van der Waals surface area contributed by atoms with E-state index in [1.54, 1.807) is 0 Å². The molecule has 9 nitrogen and oxygen atoms in total. The van der Waals surface area contributed by atoms with E-state index in [1.807, 2.05) is 68.4 Å². The molecule has 0 saturated carbocycles. The van der Waals surface area contributed by atoms with Crippen molar-refractivity contribution in [2.45, 2.75) is 71.2 Å². The van der Waals surface area contributed by atoms with Gasteiger partial charge in [0.15, 0.2) is 0 Å². The van der Waals surface area contributed by atoms with E-state index in [0.717, 1.165) is 11.1 Å². The van der Waals surface area contributed by atoms with Crippen LogP contribution in [0.3, 0.4) is 0 Å². The summed E-state index contributed by atoms with van der Waals surface area (Å²) in [7, 11) is 1.30. The lowest BCUT2D eigenvalue weighted by atomic mass is 10.00. The first kappa shape index (κ1) is 29.7. The molecule has 1 aliphatic rings. The van der Waals surface area contributed by atoms with Crippen LogP contribution in [0, 0.1) is 5.92 Å². The minimum absolute atomic E-state index is 0.112. The van der Waals surface area contributed by atoms with Crippen molar-refractivity contribution in [2.75, 3.05) is 13.7 Å². The average Bonchev–Trinajstić information content (AvgIpc) is 3.41. The number of amides is 3. The zero-order valence-electron chi connectivity index (χ0n) is 23.1. The highest BCUT2D eigenvalue weighted by Gasteiger charge is 2.39. The highest BCUT2D eigenvalue weighted by atomic mass is 16.5. The molecule has 9 heteroatoms. The molecule has 3 amide bonds. The van der Waals surface area contributed by atoms with E-state index in [0.29, 0.717) is 38.2 Å². The minimum atomic E-state index is -0.879. The third-order valence-electron chi connectivity index (χ3n) is 6.64. The number of rotatable bonds is 12. The Bertz CT molecular complexity index is 1120. The van der Waals surface area contributed by atoms with Gasteiger partial charge in [-0.25, -0.2) is 4.79 Å². The Morgan fingerprint density at radius 2 is 1.64 bits per heavy atom. The molecule has 1 aliphatic heterocycles. The monoisotopic (exact) mass is 537 g/mol. The number of esters is 1. The van der Waals surface area contributed by atoms with Gasteiger partial charge in [0.1, 0.15) is 30.5 Å². The van der Waals surface area contributed by atoms with E-state index in [2.05, 4.69) is 10.6 Å². The Kier molecular flexibility index (Phi) is 10.9. The van der Waals surface area contributed by atoms with E-state index in [1.165, 1.54) is 18.9 Å². The fourth-order valence-electron chi connectivity index (χ4n) is 4.73. The molecule has 0 bridgehead atoms. The van der Waals surface area contributed by atoms with Gasteiger partial charge in [-0.05, 0) is 48.4 Å². The summed E-state index contributed by atoms with van der Waals surface area (Å²) < 4.78 is 10.7. The highest BCUT2D eigenvalue weighted by molar-refractivity contribution is 5.93. The van der Waals surface area contributed by atoms with Crippen LogP contribution in [0.4, 0.5) is 0 Å². The number of hydrogen-bond donors (Lipinski definition) is 2. The normalized spacial score (nSPS) is 16.3. The van der Waals surface area contributed by atoms with Crippen LogP contribution in [0.2, 0.25) is 0 Å². The second kappa shape index (κ2) is 14.3. The summed E-state index contributed by atoms with van der Waals surface area (Å²) >= 11 is 0. The predicted octanol–water partition coefficient (Wildman–Crippen LogP) is 3.01. The van der Waals surface area contributed by atoms with Gasteiger partial charge in [0, 0.05) is 19.9 Å². The number of nitrogens with one attached hydrogen (secondary N) is 2. The maximum atomic E-state index is 13.5. The zero-order chi connectivity index (χ0) is 28.4. The van der Waals surface area contributed by atoms with Gasteiger partial charge >= 0.3 is 5.97 Å². The number of benzene rings is 2. The van der Waals surface area contributed by atoms with Gasteiger partial charge in [-0.2, -0.15) is 0 Å². The Balaban J connectivity index is 1.68. The van der Waals surface area contributed by atoms with Crippen LogP contribution in [-0.4, -0.2) is 60.4 Å². The van der Waals surface area contributed by atoms with E-state index < -0.39 is 30.0 Å². The number of carbonyl (C=O) groups is 4. The Hall–Kier alpha value is -3.88. The number of methoxy groups -OCH3 is 1. The summed E-state index contributed by atoms with van der Waals surface area (Å²) in [4.78, 5) is 52.5. The molecule has 1 saturated heterocycles. The molecule has 3 atom stereocenters. The van der Waals surface area contributed by atoms with Crippen LogP contribution in [0.1, 0.15) is 51.2 Å². The van der Waals surface area contributed by atoms with E-state index in [-0.39, 0.29) is 24.2 Å². The number of ether oxygens (including phenoxy) is 2. The van der Waals surface area contributed by atoms with Crippen molar-refractivity contribution in [3.63, 3.8) is 0 Å². The quantitative estimate of drug-likeness (QED) is 0.403. The van der Waals surface area contributed by atoms with E-state index in [4.69, 9.17) is 9.47 Å². The lowest BCUT2D eigenvalue weighted by Gasteiger charge is -2.30. The minimum Gasteiger partial charge on any atom is -0.489 e. The third-order valence-corrected chi connectivity index (χ3v) is 6.64. The second-order valence-electron chi connectivity index (χ2n) is 10.3. The van der Waals surface area contributed by atoms with Crippen LogP contribution < -0.4 is 15.4 Å². The Labute approximate surface area is 230 Å². The summed E-state index contributed by atoms with van der Waals surface area (Å²) in [5, 5.41) is 5.57. The number of carbonyl (C=O) groups excluding carboxylic acids is 4. The van der Waals surface area contributed by atoms with Crippen molar-refractivity contribution in [1.29, 1.82) is 0 Å². The SMILES string of the molecule is COC(=O)[C@@H]1CCCN1C(=O)[C@H](CC(C)C)NC(=O)[C@H](Cc1ccc(OCc2ccccc2)cc1)NC(C)=O. The van der Waals surface area contributed by atoms with Crippen molar-refractivity contribution in [3.05, 3.63) is 65.7 Å². The molecule has 2 N–H and O–H groups in total. The van der Waals surface area contributed by atoms with E-state index in [9.17, 15) is 19.2 Å². The van der Waals surface area contributed by atoms with Crippen LogP contribution in [0.25, 0.3) is 0 Å². The predicted molar refractivity (Wildman–Crippen MR) is 147 cm³/mol. The molecule has 0 spiro atoms. The maximum absolute atomic E-state index is 13.5. The summed E-state index contributed by atoms with van der Waals surface area (Å²) in [5.41, 5.74) is 1.88. The van der Waals surface area contributed by atoms with Gasteiger partial charge < -0.3 is 25.0 Å². The van der Waals surface area contributed by atoms with Crippen molar-refractivity contribution in [3.8, 4) is 5.75 Å². The van der Waals surface area contributed by atoms with Gasteiger partial charge in [0.05, 0.1) is 7.11 Å². The maximum Gasteiger partial charge on any atom is 0.328 e. The fraction of sp³-hybridized carbons (Fsp3) is 0.467. The molecule has 39 heavy (non-hydrogen) atoms. The topological polar surface area (TPSA) is 114 Å². The second-order valence-corrected chi connectivity index (χ2v) is 10.3. The summed E-state index contributed by atoms with van der Waals surface area (Å²) in [6.45, 7) is 6.14. The van der Waals surface area contributed by atoms with Gasteiger partial charge in [0.25, 0.3) is 0 Å². The molecule has 2 aromatic rings. The van der Waals surface area contributed by atoms with Crippen molar-refractivity contribution in [1.82, 2.24) is 15.5 Å². The molecule has 3 rings (SSSR count). The van der Waals surface area contributed by atoms with Gasteiger partial charge in [-0.1, -0.05) is 56.3 Å². The molecule has 210 valence electrons. The number of nitrogens with zero attached hydrogens (tertiary/aromatic N) is 1. The third kappa shape index (κ3) is 8.84. The van der Waals surface area contributed by atoms with Gasteiger partial charge in [0.2, 0.25) is 17.7 Å². The molecule has 1 heterocycles. The molecule has 2 aromatic carbocycles. The highest BCUT2D eigenvalue weighted by Crippen LogP contribution is 2.21. The fourth-order valence-corrected chi connectivity index (χ4v) is 4.73. The number of likely N-dealkylation sites (tertiary alicyclic amines) is 1. The first-order valence-corrected chi connectivity index (χ1v) is 13.4. The number of hydrogen-bond acceptors (Lipinski definition) is 6. The van der Waals surface area contributed by atoms with Crippen LogP contribution >= 0.6 is 0 Å². The summed E-state index contributed by atoms with van der Waals surface area (Å²) in [5.74, 6) is -0.774. The summed E-state index contributed by atoms with van der Waals surface area (Å²) in [6.07, 6.45) is 1.85. The van der Waals surface area contributed by atoms with Gasteiger partial charge in [-0.3, -0.25) is 14.4 Å². The lowest BCUT2D eigenvalue weighted by Crippen LogP contribution is -2.56. The lowest BCUT2D eigenvalue weighted by molar-refractivity contribution is -0.152. The standard InChI is InChI=1S/C30H39N3O6/c1-20(2)17-26(29(36)33-16-8-11-27(33)30(37)38-4)32-28(35)25(31-21(3)34)18-22-12-14-24(15-13-22)39-19-23-9-6-5-7-10-23/h5-7,9-10,12-15,20,25-27H,8,11,16-19H2,1-4H3,(H,31,34)(H,32,35)/t25-,26-,27-/m0/s1. The van der Waals surface area contributed by atoms with Crippen LogP contribution in [-0.2, 0) is 36.9 Å². The molecule has 0 aliphatic carbocycles. The van der Waals surface area contributed by atoms with E-state index >= 15 is 0 Å². The largest absolute Gasteiger partial charge is 0.489 e. The Morgan fingerprint density at radius 1 is 0.949 bits per heavy atom. The molecule has 0 aromatic heterocycles.